The van der Waals surface area contributed by atoms with Crippen LogP contribution in [0.5, 0.6) is 5.75 Å². The Hall–Kier alpha value is -2.04. The molecule has 0 radical (unpaired) electrons. The number of amides is 2. The molecule has 28 heavy (non-hydrogen) atoms. The maximum atomic E-state index is 12.9. The van der Waals surface area contributed by atoms with Crippen LogP contribution in [0.2, 0.25) is 0 Å². The second-order valence-electron chi connectivity index (χ2n) is 7.83. The van der Waals surface area contributed by atoms with Crippen molar-refractivity contribution in [2.45, 2.75) is 65.3 Å². The molecule has 2 atom stereocenters. The van der Waals surface area contributed by atoms with Gasteiger partial charge in [0.2, 0.25) is 11.8 Å². The molecule has 0 saturated carbocycles. The molecule has 0 bridgehead atoms. The van der Waals surface area contributed by atoms with Crippen LogP contribution in [-0.4, -0.2) is 36.9 Å². The van der Waals surface area contributed by atoms with E-state index in [-0.39, 0.29) is 17.7 Å². The Kier molecular flexibility index (Phi) is 9.32. The molecule has 0 aliphatic carbocycles. The van der Waals surface area contributed by atoms with Crippen molar-refractivity contribution in [2.75, 3.05) is 20.2 Å². The summed E-state index contributed by atoms with van der Waals surface area (Å²) < 4.78 is 5.16. The van der Waals surface area contributed by atoms with Crippen LogP contribution >= 0.6 is 0 Å². The summed E-state index contributed by atoms with van der Waals surface area (Å²) in [7, 11) is 1.64. The molecule has 0 spiro atoms. The summed E-state index contributed by atoms with van der Waals surface area (Å²) in [5.74, 6) is 1.09. The van der Waals surface area contributed by atoms with Gasteiger partial charge in [0, 0.05) is 26.1 Å². The van der Waals surface area contributed by atoms with Gasteiger partial charge in [0.05, 0.1) is 13.0 Å². The highest BCUT2D eigenvalue weighted by Crippen LogP contribution is 2.32. The maximum absolute atomic E-state index is 12.9. The first-order valence-electron chi connectivity index (χ1n) is 10.8. The average molecular weight is 389 g/mol. The predicted molar refractivity (Wildman–Crippen MR) is 112 cm³/mol. The fourth-order valence-electron chi connectivity index (χ4n) is 3.91. The third kappa shape index (κ3) is 6.54. The Labute approximate surface area is 169 Å². The summed E-state index contributed by atoms with van der Waals surface area (Å²) >= 11 is 0. The standard InChI is InChI=1S/C23H36N2O3/c1-4-6-8-9-19-17-25(14-7-5-2)23(27)21(19)15-22(26)24-16-18-10-12-20(28-3)13-11-18/h10-13,19,21H,4-9,14-17H2,1-3H3,(H,24,26)/t19-,21+/m1/s1. The molecule has 1 saturated heterocycles. The largest absolute Gasteiger partial charge is 0.497 e. The van der Waals surface area contributed by atoms with Gasteiger partial charge >= 0.3 is 0 Å². The fourth-order valence-corrected chi connectivity index (χ4v) is 3.91. The molecule has 1 heterocycles. The average Bonchev–Trinajstić information content (AvgIpc) is 3.00. The number of hydrogen-bond acceptors (Lipinski definition) is 3. The summed E-state index contributed by atoms with van der Waals surface area (Å²) in [6.07, 6.45) is 6.96. The number of likely N-dealkylation sites (tertiary alicyclic amines) is 1. The number of methoxy groups -OCH3 is 1. The van der Waals surface area contributed by atoms with Gasteiger partial charge in [-0.1, -0.05) is 51.7 Å². The van der Waals surface area contributed by atoms with Crippen molar-refractivity contribution >= 4 is 11.8 Å². The van der Waals surface area contributed by atoms with Crippen LogP contribution < -0.4 is 10.1 Å². The SMILES string of the molecule is CCCCC[C@@H]1CN(CCCC)C(=O)[C@H]1CC(=O)NCc1ccc(OC)cc1. The molecule has 1 fully saturated rings. The van der Waals surface area contributed by atoms with Crippen molar-refractivity contribution in [1.82, 2.24) is 10.2 Å². The van der Waals surface area contributed by atoms with E-state index >= 15 is 0 Å². The lowest BCUT2D eigenvalue weighted by Gasteiger charge is -2.16. The maximum Gasteiger partial charge on any atom is 0.226 e. The highest BCUT2D eigenvalue weighted by atomic mass is 16.5. The molecule has 5 nitrogen and oxygen atoms in total. The van der Waals surface area contributed by atoms with Crippen molar-refractivity contribution < 1.29 is 14.3 Å². The second-order valence-corrected chi connectivity index (χ2v) is 7.83. The Morgan fingerprint density at radius 1 is 1.14 bits per heavy atom. The number of nitrogens with zero attached hydrogens (tertiary/aromatic N) is 1. The van der Waals surface area contributed by atoms with Crippen LogP contribution in [0.15, 0.2) is 24.3 Å². The zero-order valence-corrected chi connectivity index (χ0v) is 17.7. The van der Waals surface area contributed by atoms with Gasteiger partial charge in [0.15, 0.2) is 0 Å². The number of carbonyl (C=O) groups is 2. The smallest absolute Gasteiger partial charge is 0.226 e. The summed E-state index contributed by atoms with van der Waals surface area (Å²) in [6.45, 7) is 6.45. The van der Waals surface area contributed by atoms with Crippen LogP contribution in [0.4, 0.5) is 0 Å². The van der Waals surface area contributed by atoms with E-state index < -0.39 is 0 Å². The molecular formula is C23H36N2O3. The van der Waals surface area contributed by atoms with Gasteiger partial charge < -0.3 is 15.0 Å². The lowest BCUT2D eigenvalue weighted by Crippen LogP contribution is -2.32. The Balaban J connectivity index is 1.90. The fraction of sp³-hybridized carbons (Fsp3) is 0.652. The van der Waals surface area contributed by atoms with E-state index in [4.69, 9.17) is 4.74 Å². The van der Waals surface area contributed by atoms with Crippen LogP contribution in [-0.2, 0) is 16.1 Å². The molecule has 156 valence electrons. The van der Waals surface area contributed by atoms with Gasteiger partial charge in [0.1, 0.15) is 5.75 Å². The monoisotopic (exact) mass is 388 g/mol. The van der Waals surface area contributed by atoms with Crippen LogP contribution in [0.3, 0.4) is 0 Å². The van der Waals surface area contributed by atoms with Gasteiger partial charge in [-0.05, 0) is 36.5 Å². The third-order valence-corrected chi connectivity index (χ3v) is 5.67. The van der Waals surface area contributed by atoms with Crippen LogP contribution in [0.1, 0.15) is 64.4 Å². The number of hydrogen-bond donors (Lipinski definition) is 1. The minimum atomic E-state index is -0.162. The molecule has 5 heteroatoms. The first-order chi connectivity index (χ1) is 13.6. The normalized spacial score (nSPS) is 19.1. The van der Waals surface area contributed by atoms with Gasteiger partial charge in [-0.3, -0.25) is 9.59 Å². The highest BCUT2D eigenvalue weighted by Gasteiger charge is 2.40. The zero-order valence-electron chi connectivity index (χ0n) is 17.7. The zero-order chi connectivity index (χ0) is 20.4. The first-order valence-corrected chi connectivity index (χ1v) is 10.8. The molecule has 2 rings (SSSR count). The predicted octanol–water partition coefficient (Wildman–Crippen LogP) is 4.16. The van der Waals surface area contributed by atoms with Gasteiger partial charge in [0.25, 0.3) is 0 Å². The minimum Gasteiger partial charge on any atom is -0.497 e. The summed E-state index contributed by atoms with van der Waals surface area (Å²) in [4.78, 5) is 27.4. The van der Waals surface area contributed by atoms with E-state index in [1.54, 1.807) is 7.11 Å². The van der Waals surface area contributed by atoms with Crippen molar-refractivity contribution in [2.24, 2.45) is 11.8 Å². The number of benzene rings is 1. The molecule has 1 aromatic rings. The molecule has 0 unspecified atom stereocenters. The van der Waals surface area contributed by atoms with Crippen molar-refractivity contribution in [3.8, 4) is 5.75 Å². The Bertz CT molecular complexity index is 615. The van der Waals surface area contributed by atoms with E-state index in [1.165, 1.54) is 12.8 Å². The summed E-state index contributed by atoms with van der Waals surface area (Å²) in [5.41, 5.74) is 1.02. The van der Waals surface area contributed by atoms with E-state index in [0.29, 0.717) is 18.9 Å². The molecule has 2 amide bonds. The molecule has 1 aliphatic heterocycles. The van der Waals surface area contributed by atoms with Gasteiger partial charge in [-0.25, -0.2) is 0 Å². The molecule has 0 aromatic heterocycles. The summed E-state index contributed by atoms with van der Waals surface area (Å²) in [6, 6.07) is 7.66. The lowest BCUT2D eigenvalue weighted by molar-refractivity contribution is -0.134. The summed E-state index contributed by atoms with van der Waals surface area (Å²) in [5, 5.41) is 2.98. The highest BCUT2D eigenvalue weighted by molar-refractivity contribution is 5.87. The number of ether oxygens (including phenoxy) is 1. The minimum absolute atomic E-state index is 0.0352. The lowest BCUT2D eigenvalue weighted by atomic mass is 9.87. The van der Waals surface area contributed by atoms with E-state index in [9.17, 15) is 9.59 Å². The quantitative estimate of drug-likeness (QED) is 0.547. The topological polar surface area (TPSA) is 58.6 Å². The van der Waals surface area contributed by atoms with E-state index in [2.05, 4.69) is 19.2 Å². The first kappa shape index (κ1) is 22.3. The number of unbranched alkanes of at least 4 members (excludes halogenated alkanes) is 3. The molecular weight excluding hydrogens is 352 g/mol. The van der Waals surface area contributed by atoms with Crippen molar-refractivity contribution in [3.63, 3.8) is 0 Å². The number of rotatable bonds is 12. The van der Waals surface area contributed by atoms with Gasteiger partial charge in [-0.15, -0.1) is 0 Å². The van der Waals surface area contributed by atoms with Crippen molar-refractivity contribution in [3.05, 3.63) is 29.8 Å². The molecule has 1 aliphatic rings. The third-order valence-electron chi connectivity index (χ3n) is 5.67. The molecule has 1 N–H and O–H groups in total. The number of nitrogens with one attached hydrogen (secondary N) is 1. The van der Waals surface area contributed by atoms with Crippen LogP contribution in [0.25, 0.3) is 0 Å². The Morgan fingerprint density at radius 3 is 2.50 bits per heavy atom. The van der Waals surface area contributed by atoms with E-state index in [0.717, 1.165) is 50.1 Å². The van der Waals surface area contributed by atoms with Crippen LogP contribution in [0, 0.1) is 11.8 Å². The van der Waals surface area contributed by atoms with Crippen molar-refractivity contribution in [1.29, 1.82) is 0 Å². The number of carbonyl (C=O) groups excluding carboxylic acids is 2. The van der Waals surface area contributed by atoms with Gasteiger partial charge in [-0.2, -0.15) is 0 Å². The Morgan fingerprint density at radius 2 is 1.86 bits per heavy atom. The van der Waals surface area contributed by atoms with E-state index in [1.807, 2.05) is 29.2 Å². The second kappa shape index (κ2) is 11.7. The molecule has 1 aromatic carbocycles.